The van der Waals surface area contributed by atoms with Gasteiger partial charge in [0.15, 0.2) is 17.3 Å². The number of furan rings is 1. The van der Waals surface area contributed by atoms with Gasteiger partial charge in [-0.3, -0.25) is 4.79 Å². The lowest BCUT2D eigenvalue weighted by molar-refractivity contribution is -0.113. The number of methoxy groups -OCH3 is 1. The van der Waals surface area contributed by atoms with E-state index in [-0.39, 0.29) is 12.7 Å². The molecule has 1 amide bonds. The van der Waals surface area contributed by atoms with Gasteiger partial charge in [0.25, 0.3) is 5.91 Å². The van der Waals surface area contributed by atoms with Crippen molar-refractivity contribution in [3.05, 3.63) is 77.7 Å². The van der Waals surface area contributed by atoms with Crippen LogP contribution in [0, 0.1) is 0 Å². The molecule has 1 unspecified atom stereocenters. The van der Waals surface area contributed by atoms with Gasteiger partial charge in [-0.25, -0.2) is 4.68 Å². The summed E-state index contributed by atoms with van der Waals surface area (Å²) < 4.78 is 23.7. The standard InChI is InChI=1S/C25H21N5O5/c1-14-21(24(31)27-16-6-3-4-7-17(16)32-2)22(15-9-10-18-20(12-15)35-13-34-18)30-25(26-14)28-23(29-30)19-8-5-11-33-19/h3-12,22H,13H2,1-2H3,(H,27,31)(H,26,28,29). The van der Waals surface area contributed by atoms with Crippen LogP contribution < -0.4 is 24.8 Å². The summed E-state index contributed by atoms with van der Waals surface area (Å²) in [4.78, 5) is 18.3. The smallest absolute Gasteiger partial charge is 0.255 e. The van der Waals surface area contributed by atoms with Gasteiger partial charge in [0.1, 0.15) is 11.8 Å². The summed E-state index contributed by atoms with van der Waals surface area (Å²) in [7, 11) is 1.56. The van der Waals surface area contributed by atoms with Crippen LogP contribution in [0.5, 0.6) is 17.2 Å². The largest absolute Gasteiger partial charge is 0.495 e. The fourth-order valence-corrected chi connectivity index (χ4v) is 4.28. The van der Waals surface area contributed by atoms with Crippen molar-refractivity contribution >= 4 is 17.5 Å². The monoisotopic (exact) mass is 471 g/mol. The maximum absolute atomic E-state index is 13.7. The maximum Gasteiger partial charge on any atom is 0.255 e. The first kappa shape index (κ1) is 20.8. The number of rotatable bonds is 5. The molecule has 0 spiro atoms. The number of para-hydroxylation sites is 2. The van der Waals surface area contributed by atoms with Gasteiger partial charge in [-0.2, -0.15) is 4.98 Å². The van der Waals surface area contributed by atoms with E-state index in [4.69, 9.17) is 23.7 Å². The van der Waals surface area contributed by atoms with Crippen LogP contribution in [0.2, 0.25) is 0 Å². The number of carbonyl (C=O) groups excluding carboxylic acids is 1. The van der Waals surface area contributed by atoms with E-state index in [0.29, 0.717) is 51.7 Å². The van der Waals surface area contributed by atoms with E-state index in [9.17, 15) is 4.79 Å². The molecule has 35 heavy (non-hydrogen) atoms. The molecule has 0 aliphatic carbocycles. The molecule has 2 aromatic carbocycles. The van der Waals surface area contributed by atoms with E-state index >= 15 is 0 Å². The van der Waals surface area contributed by atoms with Crippen molar-refractivity contribution < 1.29 is 23.4 Å². The molecule has 2 N–H and O–H groups in total. The van der Waals surface area contributed by atoms with E-state index in [1.165, 1.54) is 0 Å². The Morgan fingerprint density at radius 3 is 2.83 bits per heavy atom. The Kier molecular flexibility index (Phi) is 4.91. The number of nitrogens with zero attached hydrogens (tertiary/aromatic N) is 3. The Labute approximate surface area is 200 Å². The number of amides is 1. The topological polar surface area (TPSA) is 113 Å². The van der Waals surface area contributed by atoms with Crippen molar-refractivity contribution in [2.24, 2.45) is 0 Å². The number of benzene rings is 2. The second-order valence-electron chi connectivity index (χ2n) is 8.01. The SMILES string of the molecule is COc1ccccc1NC(=O)C1=C(C)Nc2nc(-c3ccco3)nn2C1c1ccc2c(c1)OCO2. The van der Waals surface area contributed by atoms with Crippen molar-refractivity contribution in [1.29, 1.82) is 0 Å². The van der Waals surface area contributed by atoms with Crippen LogP contribution in [-0.4, -0.2) is 34.6 Å². The van der Waals surface area contributed by atoms with Crippen molar-refractivity contribution in [3.63, 3.8) is 0 Å². The predicted molar refractivity (Wildman–Crippen MR) is 126 cm³/mol. The lowest BCUT2D eigenvalue weighted by atomic mass is 9.94. The minimum Gasteiger partial charge on any atom is -0.495 e. The zero-order valence-corrected chi connectivity index (χ0v) is 18.9. The van der Waals surface area contributed by atoms with Crippen LogP contribution >= 0.6 is 0 Å². The third-order valence-electron chi connectivity index (χ3n) is 5.91. The second-order valence-corrected chi connectivity index (χ2v) is 8.01. The molecule has 4 heterocycles. The summed E-state index contributed by atoms with van der Waals surface area (Å²) >= 11 is 0. The Bertz CT molecular complexity index is 1460. The quantitative estimate of drug-likeness (QED) is 0.445. The number of ether oxygens (including phenoxy) is 3. The fourth-order valence-electron chi connectivity index (χ4n) is 4.28. The molecule has 10 heteroatoms. The first-order chi connectivity index (χ1) is 17.1. The van der Waals surface area contributed by atoms with Crippen molar-refractivity contribution in [2.75, 3.05) is 24.5 Å². The van der Waals surface area contributed by atoms with Gasteiger partial charge in [-0.15, -0.1) is 5.10 Å². The molecule has 0 bridgehead atoms. The minimum atomic E-state index is -0.591. The van der Waals surface area contributed by atoms with Gasteiger partial charge >= 0.3 is 0 Å². The lowest BCUT2D eigenvalue weighted by Gasteiger charge is -2.29. The average molecular weight is 471 g/mol. The minimum absolute atomic E-state index is 0.151. The molecule has 0 fully saturated rings. The Morgan fingerprint density at radius 2 is 2.00 bits per heavy atom. The molecule has 0 radical (unpaired) electrons. The first-order valence-electron chi connectivity index (χ1n) is 10.9. The number of hydrogen-bond acceptors (Lipinski definition) is 8. The first-order valence-corrected chi connectivity index (χ1v) is 10.9. The molecular formula is C25H21N5O5. The van der Waals surface area contributed by atoms with Crippen LogP contribution in [0.25, 0.3) is 11.6 Å². The van der Waals surface area contributed by atoms with E-state index in [2.05, 4.69) is 15.6 Å². The van der Waals surface area contributed by atoms with Crippen LogP contribution in [0.4, 0.5) is 11.6 Å². The molecule has 2 aliphatic heterocycles. The van der Waals surface area contributed by atoms with E-state index in [0.717, 1.165) is 5.56 Å². The number of anilines is 2. The second kappa shape index (κ2) is 8.24. The van der Waals surface area contributed by atoms with Crippen molar-refractivity contribution in [2.45, 2.75) is 13.0 Å². The number of aromatic nitrogens is 3. The van der Waals surface area contributed by atoms with Gasteiger partial charge < -0.3 is 29.3 Å². The lowest BCUT2D eigenvalue weighted by Crippen LogP contribution is -2.31. The van der Waals surface area contributed by atoms with Gasteiger partial charge in [0.05, 0.1) is 24.6 Å². The van der Waals surface area contributed by atoms with Crippen LogP contribution in [0.3, 0.4) is 0 Å². The van der Waals surface area contributed by atoms with Crippen LogP contribution in [0.1, 0.15) is 18.5 Å². The molecule has 1 atom stereocenters. The molecular weight excluding hydrogens is 450 g/mol. The zero-order chi connectivity index (χ0) is 23.9. The van der Waals surface area contributed by atoms with Gasteiger partial charge in [0.2, 0.25) is 18.6 Å². The fraction of sp³-hybridized carbons (Fsp3) is 0.160. The Hall–Kier alpha value is -4.73. The number of carbonyl (C=O) groups is 1. The molecule has 0 saturated heterocycles. The van der Waals surface area contributed by atoms with Crippen LogP contribution in [-0.2, 0) is 4.79 Å². The highest BCUT2D eigenvalue weighted by atomic mass is 16.7. The van der Waals surface area contributed by atoms with Gasteiger partial charge in [-0.1, -0.05) is 18.2 Å². The predicted octanol–water partition coefficient (Wildman–Crippen LogP) is 4.20. The van der Waals surface area contributed by atoms with Crippen LogP contribution in [0.15, 0.2) is 76.5 Å². The van der Waals surface area contributed by atoms with Gasteiger partial charge in [-0.05, 0) is 48.9 Å². The van der Waals surface area contributed by atoms with E-state index in [1.54, 1.807) is 42.3 Å². The third-order valence-corrected chi connectivity index (χ3v) is 5.91. The van der Waals surface area contributed by atoms with E-state index in [1.807, 2.05) is 37.3 Å². The zero-order valence-electron chi connectivity index (χ0n) is 18.9. The maximum atomic E-state index is 13.7. The Morgan fingerprint density at radius 1 is 1.14 bits per heavy atom. The highest BCUT2D eigenvalue weighted by Crippen LogP contribution is 2.41. The average Bonchev–Trinajstić information content (AvgIpc) is 3.63. The summed E-state index contributed by atoms with van der Waals surface area (Å²) in [5.74, 6) is 2.94. The normalized spacial score (nSPS) is 16.0. The van der Waals surface area contributed by atoms with E-state index < -0.39 is 6.04 Å². The summed E-state index contributed by atoms with van der Waals surface area (Å²) in [5.41, 5.74) is 2.46. The summed E-state index contributed by atoms with van der Waals surface area (Å²) in [6.45, 7) is 1.99. The van der Waals surface area contributed by atoms with Crippen molar-refractivity contribution in [3.8, 4) is 28.8 Å². The molecule has 2 aliphatic rings. The summed E-state index contributed by atoms with van der Waals surface area (Å²) in [6.07, 6.45) is 1.56. The highest BCUT2D eigenvalue weighted by Gasteiger charge is 2.36. The number of hydrogen-bond donors (Lipinski definition) is 2. The third kappa shape index (κ3) is 3.55. The van der Waals surface area contributed by atoms with Gasteiger partial charge in [0, 0.05) is 5.70 Å². The highest BCUT2D eigenvalue weighted by molar-refractivity contribution is 6.06. The molecule has 0 saturated carbocycles. The molecule has 176 valence electrons. The summed E-state index contributed by atoms with van der Waals surface area (Å²) in [6, 6.07) is 15.8. The molecule has 10 nitrogen and oxygen atoms in total. The summed E-state index contributed by atoms with van der Waals surface area (Å²) in [5, 5.41) is 10.9. The molecule has 6 rings (SSSR count). The number of allylic oxidation sites excluding steroid dienone is 1. The molecule has 4 aromatic rings. The molecule has 2 aromatic heterocycles. The number of fused-ring (bicyclic) bond motifs is 2. The Balaban J connectivity index is 1.46. The van der Waals surface area contributed by atoms with Crippen molar-refractivity contribution in [1.82, 2.24) is 14.8 Å². The number of nitrogens with one attached hydrogen (secondary N) is 2.